The van der Waals surface area contributed by atoms with Crippen molar-refractivity contribution in [3.8, 4) is 0 Å². The number of allylic oxidation sites excluding steroid dienone is 1. The minimum Gasteiger partial charge on any atom is -0.350 e. The van der Waals surface area contributed by atoms with Gasteiger partial charge in [0.15, 0.2) is 0 Å². The Balaban J connectivity index is 2.14. The number of carbonyl (C=O) groups is 2. The lowest BCUT2D eigenvalue weighted by Crippen LogP contribution is -2.55. The summed E-state index contributed by atoms with van der Waals surface area (Å²) in [7, 11) is 0. The van der Waals surface area contributed by atoms with Crippen LogP contribution >= 0.6 is 23.2 Å². The predicted octanol–water partition coefficient (Wildman–Crippen LogP) is 6.55. The number of carbonyl (C=O) groups excluding carboxylic acids is 2. The van der Waals surface area contributed by atoms with Gasteiger partial charge in [-0.15, -0.1) is 6.58 Å². The molecule has 1 unspecified atom stereocenters. The average Bonchev–Trinajstić information content (AvgIpc) is 2.71. The highest BCUT2D eigenvalue weighted by Gasteiger charge is 2.49. The molecule has 1 N–H and O–H groups in total. The van der Waals surface area contributed by atoms with Crippen LogP contribution in [0.3, 0.4) is 0 Å². The van der Waals surface area contributed by atoms with E-state index in [1.54, 1.807) is 11.0 Å². The van der Waals surface area contributed by atoms with E-state index < -0.39 is 11.0 Å². The van der Waals surface area contributed by atoms with Crippen molar-refractivity contribution in [3.05, 3.63) is 82.4 Å². The number of nitrogens with zero attached hydrogens (tertiary/aromatic N) is 1. The van der Waals surface area contributed by atoms with Crippen LogP contribution in [0.15, 0.2) is 61.2 Å². The molecule has 0 aromatic heterocycles. The first-order chi connectivity index (χ1) is 15.4. The highest BCUT2D eigenvalue weighted by Crippen LogP contribution is 2.51. The van der Waals surface area contributed by atoms with Gasteiger partial charge in [-0.2, -0.15) is 0 Å². The third kappa shape index (κ3) is 5.99. The number of rotatable bonds is 6. The Hall–Kier alpha value is -2.30. The fourth-order valence-corrected chi connectivity index (χ4v) is 5.08. The van der Waals surface area contributed by atoms with Crippen LogP contribution in [0.2, 0.25) is 10.0 Å². The molecule has 176 valence electrons. The molecular weight excluding hydrogens is 455 g/mol. The molecule has 4 nitrogen and oxygen atoms in total. The third-order valence-corrected chi connectivity index (χ3v) is 6.56. The zero-order valence-electron chi connectivity index (χ0n) is 19.7. The number of hydrogen-bond acceptors (Lipinski definition) is 2. The largest absolute Gasteiger partial charge is 0.350 e. The second-order valence-electron chi connectivity index (χ2n) is 10.1. The Labute approximate surface area is 207 Å². The minimum absolute atomic E-state index is 0.0345. The van der Waals surface area contributed by atoms with E-state index in [1.165, 1.54) is 0 Å². The molecule has 2 aromatic rings. The van der Waals surface area contributed by atoms with Crippen LogP contribution in [0.5, 0.6) is 0 Å². The Morgan fingerprint density at radius 2 is 1.82 bits per heavy atom. The maximum atomic E-state index is 13.9. The van der Waals surface area contributed by atoms with E-state index >= 15 is 0 Å². The van der Waals surface area contributed by atoms with Crippen LogP contribution < -0.4 is 5.32 Å². The number of piperidine rings is 1. The number of benzene rings is 2. The topological polar surface area (TPSA) is 49.4 Å². The van der Waals surface area contributed by atoms with Gasteiger partial charge >= 0.3 is 0 Å². The Morgan fingerprint density at radius 1 is 1.15 bits per heavy atom. The van der Waals surface area contributed by atoms with Gasteiger partial charge in [-0.3, -0.25) is 9.59 Å². The molecule has 3 rings (SSSR count). The first-order valence-electron chi connectivity index (χ1n) is 11.2. The van der Waals surface area contributed by atoms with Gasteiger partial charge in [0.05, 0.1) is 11.5 Å². The van der Waals surface area contributed by atoms with Crippen LogP contribution in [-0.2, 0) is 9.59 Å². The zero-order chi connectivity index (χ0) is 24.4. The zero-order valence-corrected chi connectivity index (χ0v) is 21.2. The molecule has 3 atom stereocenters. The summed E-state index contributed by atoms with van der Waals surface area (Å²) < 4.78 is 0. The molecule has 0 radical (unpaired) electrons. The second-order valence-corrected chi connectivity index (χ2v) is 11.0. The molecule has 1 aliphatic rings. The highest BCUT2D eigenvalue weighted by atomic mass is 35.5. The molecule has 0 aliphatic carbocycles. The van der Waals surface area contributed by atoms with Crippen molar-refractivity contribution < 1.29 is 9.59 Å². The van der Waals surface area contributed by atoms with Crippen molar-refractivity contribution >= 4 is 35.0 Å². The molecule has 1 saturated heterocycles. The second kappa shape index (κ2) is 9.90. The average molecular weight is 487 g/mol. The van der Waals surface area contributed by atoms with E-state index in [9.17, 15) is 9.59 Å². The first-order valence-corrected chi connectivity index (χ1v) is 11.9. The van der Waals surface area contributed by atoms with Crippen LogP contribution in [0.4, 0.5) is 0 Å². The summed E-state index contributed by atoms with van der Waals surface area (Å²) in [6.45, 7) is 11.6. The molecule has 6 heteroatoms. The van der Waals surface area contributed by atoms with Crippen molar-refractivity contribution in [2.24, 2.45) is 5.41 Å². The van der Waals surface area contributed by atoms with Crippen LogP contribution in [-0.4, -0.2) is 28.8 Å². The van der Waals surface area contributed by atoms with Gasteiger partial charge in [0.25, 0.3) is 0 Å². The van der Waals surface area contributed by atoms with E-state index in [-0.39, 0.29) is 30.3 Å². The molecule has 0 bridgehead atoms. The van der Waals surface area contributed by atoms with E-state index in [0.29, 0.717) is 22.9 Å². The summed E-state index contributed by atoms with van der Waals surface area (Å²) in [6, 6.07) is 14.9. The highest BCUT2D eigenvalue weighted by molar-refractivity contribution is 6.30. The summed E-state index contributed by atoms with van der Waals surface area (Å²) >= 11 is 12.5. The van der Waals surface area contributed by atoms with Gasteiger partial charge in [0, 0.05) is 21.5 Å². The Bertz CT molecular complexity index is 1030. The number of hydrogen-bond donors (Lipinski definition) is 1. The lowest BCUT2D eigenvalue weighted by atomic mass is 9.67. The van der Waals surface area contributed by atoms with Crippen LogP contribution in [0, 0.1) is 5.41 Å². The normalized spacial score (nSPS) is 23.3. The monoisotopic (exact) mass is 486 g/mol. The van der Waals surface area contributed by atoms with Crippen molar-refractivity contribution in [2.75, 3.05) is 6.54 Å². The third-order valence-electron chi connectivity index (χ3n) is 6.08. The van der Waals surface area contributed by atoms with E-state index in [1.807, 2.05) is 76.2 Å². The molecule has 2 aromatic carbocycles. The van der Waals surface area contributed by atoms with Crippen molar-refractivity contribution in [1.29, 1.82) is 0 Å². The predicted molar refractivity (Wildman–Crippen MR) is 136 cm³/mol. The van der Waals surface area contributed by atoms with Gasteiger partial charge in [-0.25, -0.2) is 0 Å². The SMILES string of the molecule is C=CC[C@@]1(C)C[C@H](c2cccc(Cl)c2)C(c2ccc(Cl)cc2)N(CC(=O)NC(C)(C)C)C1=O. The molecule has 0 spiro atoms. The number of halogens is 2. The molecule has 1 aliphatic heterocycles. The van der Waals surface area contributed by atoms with Gasteiger partial charge in [-0.05, 0) is 69.0 Å². The minimum atomic E-state index is -0.681. The van der Waals surface area contributed by atoms with Crippen LogP contribution in [0.25, 0.3) is 0 Å². The number of amides is 2. The quantitative estimate of drug-likeness (QED) is 0.470. The molecule has 1 fully saturated rings. The van der Waals surface area contributed by atoms with Gasteiger partial charge in [0.1, 0.15) is 6.54 Å². The van der Waals surface area contributed by atoms with Gasteiger partial charge in [0.2, 0.25) is 11.8 Å². The molecule has 33 heavy (non-hydrogen) atoms. The van der Waals surface area contributed by atoms with E-state index in [0.717, 1.165) is 11.1 Å². The molecular formula is C27H32Cl2N2O2. The fourth-order valence-electron chi connectivity index (χ4n) is 4.76. The summed E-state index contributed by atoms with van der Waals surface area (Å²) in [5, 5.41) is 4.26. The van der Waals surface area contributed by atoms with Crippen molar-refractivity contribution in [2.45, 2.75) is 58.0 Å². The summed E-state index contributed by atoms with van der Waals surface area (Å²) in [5.41, 5.74) is 0.885. The number of nitrogens with one attached hydrogen (secondary N) is 1. The summed E-state index contributed by atoms with van der Waals surface area (Å²) in [4.78, 5) is 28.6. The van der Waals surface area contributed by atoms with E-state index in [2.05, 4.69) is 11.9 Å². The Morgan fingerprint density at radius 3 is 2.39 bits per heavy atom. The van der Waals surface area contributed by atoms with Gasteiger partial charge in [-0.1, -0.05) is 60.5 Å². The van der Waals surface area contributed by atoms with E-state index in [4.69, 9.17) is 23.2 Å². The fraction of sp³-hybridized carbons (Fsp3) is 0.407. The molecule has 0 saturated carbocycles. The molecule has 2 amide bonds. The first kappa shape index (κ1) is 25.3. The van der Waals surface area contributed by atoms with Gasteiger partial charge < -0.3 is 10.2 Å². The Kier molecular flexibility index (Phi) is 7.60. The number of likely N-dealkylation sites (tertiary alicyclic amines) is 1. The maximum absolute atomic E-state index is 13.9. The maximum Gasteiger partial charge on any atom is 0.240 e. The smallest absolute Gasteiger partial charge is 0.240 e. The van der Waals surface area contributed by atoms with Crippen molar-refractivity contribution in [3.63, 3.8) is 0 Å². The lowest BCUT2D eigenvalue weighted by Gasteiger charge is -2.49. The van der Waals surface area contributed by atoms with Crippen molar-refractivity contribution in [1.82, 2.24) is 10.2 Å². The molecule has 1 heterocycles. The lowest BCUT2D eigenvalue weighted by molar-refractivity contribution is -0.153. The standard InChI is InChI=1S/C27H32Cl2N2O2/c1-6-14-27(5)16-22(19-8-7-9-21(29)15-19)24(18-10-12-20(28)13-11-18)31(25(27)33)17-23(32)30-26(2,3)4/h6-13,15,22,24H,1,14,16-17H2,2-5H3,(H,30,32)/t22-,24?,27+/m1/s1. The summed E-state index contributed by atoms with van der Waals surface area (Å²) in [6.07, 6.45) is 2.92. The summed E-state index contributed by atoms with van der Waals surface area (Å²) in [5.74, 6) is -0.304. The van der Waals surface area contributed by atoms with Crippen LogP contribution in [0.1, 0.15) is 63.6 Å².